The number of hydrogen-bond acceptors (Lipinski definition) is 4. The molecule has 3 rings (SSSR count). The Bertz CT molecular complexity index is 1560. The smallest absolute Gasteiger partial charge is 0.352 e. The van der Waals surface area contributed by atoms with Crippen LogP contribution in [-0.2, 0) is 32.3 Å². The number of carbonyl (C=O) groups excluding carboxylic acids is 2. The molecular weight excluding hydrogens is 638 g/mol. The van der Waals surface area contributed by atoms with Crippen molar-refractivity contribution in [1.29, 1.82) is 0 Å². The maximum atomic E-state index is 14.2. The van der Waals surface area contributed by atoms with Crippen LogP contribution >= 0.6 is 23.2 Å². The zero-order valence-electron chi connectivity index (χ0n) is 24.7. The highest BCUT2D eigenvalue weighted by atomic mass is 35.5. The van der Waals surface area contributed by atoms with Crippen LogP contribution in [0.4, 0.5) is 18.9 Å². The SMILES string of the molecule is CC[C@@H](C)NC(=O)[C@H](CC)N(Cc1c(Cl)cccc1Cl)C(=O)CN(c1cccc(C(F)(F)F)c1)S(=O)(=O)c1ccc(C)cc1. The Morgan fingerprint density at radius 1 is 0.932 bits per heavy atom. The Hall–Kier alpha value is -3.28. The Kier molecular flexibility index (Phi) is 11.7. The van der Waals surface area contributed by atoms with E-state index in [0.29, 0.717) is 22.4 Å². The molecule has 3 aromatic carbocycles. The topological polar surface area (TPSA) is 86.8 Å². The van der Waals surface area contributed by atoms with Crippen LogP contribution in [0, 0.1) is 6.92 Å². The van der Waals surface area contributed by atoms with Gasteiger partial charge >= 0.3 is 6.18 Å². The third-order valence-corrected chi connectivity index (χ3v) is 9.62. The molecule has 2 amide bonds. The van der Waals surface area contributed by atoms with Crippen LogP contribution in [0.15, 0.2) is 71.6 Å². The third kappa shape index (κ3) is 8.46. The summed E-state index contributed by atoms with van der Waals surface area (Å²) in [6.07, 6.45) is -4.01. The van der Waals surface area contributed by atoms with Crippen LogP contribution < -0.4 is 9.62 Å². The second-order valence-corrected chi connectivity index (χ2v) is 13.0. The van der Waals surface area contributed by atoms with Gasteiger partial charge in [0.05, 0.1) is 16.1 Å². The molecule has 238 valence electrons. The summed E-state index contributed by atoms with van der Waals surface area (Å²) in [5.41, 5.74) is -0.385. The minimum Gasteiger partial charge on any atom is -0.352 e. The molecule has 0 aromatic heterocycles. The molecule has 1 N–H and O–H groups in total. The maximum Gasteiger partial charge on any atom is 0.416 e. The lowest BCUT2D eigenvalue weighted by Gasteiger charge is -2.34. The maximum absolute atomic E-state index is 14.2. The number of sulfonamides is 1. The van der Waals surface area contributed by atoms with Crippen molar-refractivity contribution in [3.8, 4) is 0 Å². The summed E-state index contributed by atoms with van der Waals surface area (Å²) < 4.78 is 69.5. The Morgan fingerprint density at radius 3 is 2.07 bits per heavy atom. The van der Waals surface area contributed by atoms with E-state index in [1.54, 1.807) is 39.0 Å². The summed E-state index contributed by atoms with van der Waals surface area (Å²) in [6.45, 7) is 5.93. The Morgan fingerprint density at radius 2 is 1.52 bits per heavy atom. The molecule has 0 unspecified atom stereocenters. The van der Waals surface area contributed by atoms with E-state index in [-0.39, 0.29) is 39.6 Å². The van der Waals surface area contributed by atoms with Gasteiger partial charge in [0.1, 0.15) is 12.6 Å². The molecule has 0 saturated carbocycles. The summed E-state index contributed by atoms with van der Waals surface area (Å²) in [4.78, 5) is 28.5. The molecule has 0 bridgehead atoms. The lowest BCUT2D eigenvalue weighted by atomic mass is 10.1. The summed E-state index contributed by atoms with van der Waals surface area (Å²) in [7, 11) is -4.56. The summed E-state index contributed by atoms with van der Waals surface area (Å²) >= 11 is 12.8. The van der Waals surface area contributed by atoms with Crippen molar-refractivity contribution in [3.05, 3.63) is 93.5 Å². The van der Waals surface area contributed by atoms with E-state index >= 15 is 0 Å². The van der Waals surface area contributed by atoms with Crippen LogP contribution in [0.5, 0.6) is 0 Å². The second kappa shape index (κ2) is 14.7. The van der Waals surface area contributed by atoms with Crippen molar-refractivity contribution in [3.63, 3.8) is 0 Å². The minimum absolute atomic E-state index is 0.143. The van der Waals surface area contributed by atoms with Gasteiger partial charge in [0.25, 0.3) is 10.0 Å². The molecule has 44 heavy (non-hydrogen) atoms. The molecule has 7 nitrogen and oxygen atoms in total. The van der Waals surface area contributed by atoms with E-state index in [2.05, 4.69) is 5.32 Å². The molecule has 13 heteroatoms. The van der Waals surface area contributed by atoms with E-state index < -0.39 is 46.2 Å². The van der Waals surface area contributed by atoms with Crippen molar-refractivity contribution in [2.75, 3.05) is 10.8 Å². The molecule has 0 aliphatic heterocycles. The number of rotatable bonds is 12. The van der Waals surface area contributed by atoms with Crippen molar-refractivity contribution in [1.82, 2.24) is 10.2 Å². The average molecular weight is 673 g/mol. The zero-order valence-corrected chi connectivity index (χ0v) is 27.0. The van der Waals surface area contributed by atoms with Crippen molar-refractivity contribution < 1.29 is 31.2 Å². The molecule has 0 fully saturated rings. The molecule has 0 aliphatic rings. The summed E-state index contributed by atoms with van der Waals surface area (Å²) in [5.74, 6) is -1.33. The first-order valence-electron chi connectivity index (χ1n) is 13.9. The van der Waals surface area contributed by atoms with Gasteiger partial charge in [0.2, 0.25) is 11.8 Å². The van der Waals surface area contributed by atoms with Crippen molar-refractivity contribution in [2.45, 2.75) is 70.2 Å². The average Bonchev–Trinajstić information content (AvgIpc) is 2.96. The van der Waals surface area contributed by atoms with E-state index in [1.807, 2.05) is 6.92 Å². The van der Waals surface area contributed by atoms with Gasteiger partial charge < -0.3 is 10.2 Å². The number of nitrogens with one attached hydrogen (secondary N) is 1. The number of carbonyl (C=O) groups is 2. The van der Waals surface area contributed by atoms with E-state index in [0.717, 1.165) is 22.6 Å². The second-order valence-electron chi connectivity index (χ2n) is 10.3. The van der Waals surface area contributed by atoms with Crippen LogP contribution in [0.3, 0.4) is 0 Å². The first kappa shape index (κ1) is 35.2. The highest BCUT2D eigenvalue weighted by Gasteiger charge is 2.36. The molecule has 0 spiro atoms. The van der Waals surface area contributed by atoms with Crippen LogP contribution in [0.2, 0.25) is 10.0 Å². The standard InChI is InChI=1S/C31H34Cl2F3N3O4S/c1-5-21(4)37-30(41)28(6-2)38(18-25-26(32)11-8-12-27(25)33)29(40)19-39(23-10-7-9-22(17-23)31(34,35)36)44(42,43)24-15-13-20(3)14-16-24/h7-17,21,28H,5-6,18-19H2,1-4H3,(H,37,41)/t21-,28+/m1/s1. The third-order valence-electron chi connectivity index (χ3n) is 7.13. The number of alkyl halides is 3. The lowest BCUT2D eigenvalue weighted by Crippen LogP contribution is -2.53. The van der Waals surface area contributed by atoms with Gasteiger partial charge in [0, 0.05) is 28.2 Å². The largest absolute Gasteiger partial charge is 0.416 e. The molecular formula is C31H34Cl2F3N3O4S. The predicted octanol–water partition coefficient (Wildman–Crippen LogP) is 7.24. The van der Waals surface area contributed by atoms with Gasteiger partial charge in [0.15, 0.2) is 0 Å². The van der Waals surface area contributed by atoms with Crippen LogP contribution in [0.25, 0.3) is 0 Å². The number of nitrogens with zero attached hydrogens (tertiary/aromatic N) is 2. The van der Waals surface area contributed by atoms with Crippen molar-refractivity contribution >= 4 is 50.7 Å². The molecule has 0 aliphatic carbocycles. The van der Waals surface area contributed by atoms with Crippen molar-refractivity contribution in [2.24, 2.45) is 0 Å². The monoisotopic (exact) mass is 671 g/mol. The summed E-state index contributed by atoms with van der Waals surface area (Å²) in [6, 6.07) is 12.8. The number of aryl methyl sites for hydroxylation is 1. The zero-order chi connectivity index (χ0) is 32.8. The lowest BCUT2D eigenvalue weighted by molar-refractivity contribution is -0.140. The molecule has 0 heterocycles. The fraction of sp³-hybridized carbons (Fsp3) is 0.355. The van der Waals surface area contributed by atoms with Gasteiger partial charge in [-0.15, -0.1) is 0 Å². The molecule has 3 aromatic rings. The number of hydrogen-bond donors (Lipinski definition) is 1. The van der Waals surface area contributed by atoms with Crippen LogP contribution in [-0.4, -0.2) is 43.8 Å². The number of amides is 2. The fourth-order valence-corrected chi connectivity index (χ4v) is 6.34. The Balaban J connectivity index is 2.16. The van der Waals surface area contributed by atoms with E-state index in [1.165, 1.54) is 30.3 Å². The van der Waals surface area contributed by atoms with E-state index in [9.17, 15) is 31.2 Å². The first-order chi connectivity index (χ1) is 20.6. The fourth-order valence-electron chi connectivity index (χ4n) is 4.42. The first-order valence-corrected chi connectivity index (χ1v) is 16.1. The van der Waals surface area contributed by atoms with Gasteiger partial charge in [-0.3, -0.25) is 13.9 Å². The molecule has 0 radical (unpaired) electrons. The summed E-state index contributed by atoms with van der Waals surface area (Å²) in [5, 5.41) is 3.28. The quantitative estimate of drug-likeness (QED) is 0.220. The Labute approximate surface area is 266 Å². The number of benzene rings is 3. The minimum atomic E-state index is -4.77. The van der Waals surface area contributed by atoms with Gasteiger partial charge in [-0.25, -0.2) is 8.42 Å². The normalized spacial score (nSPS) is 13.2. The van der Waals surface area contributed by atoms with Gasteiger partial charge in [-0.05, 0) is 69.2 Å². The van der Waals surface area contributed by atoms with Gasteiger partial charge in [-0.1, -0.05) is 66.9 Å². The highest BCUT2D eigenvalue weighted by Crippen LogP contribution is 2.34. The molecule has 2 atom stereocenters. The molecule has 0 saturated heterocycles. The van der Waals surface area contributed by atoms with Gasteiger partial charge in [-0.2, -0.15) is 13.2 Å². The highest BCUT2D eigenvalue weighted by molar-refractivity contribution is 7.92. The van der Waals surface area contributed by atoms with Crippen LogP contribution in [0.1, 0.15) is 50.3 Å². The number of anilines is 1. The van der Waals surface area contributed by atoms with E-state index in [4.69, 9.17) is 23.2 Å². The predicted molar refractivity (Wildman–Crippen MR) is 166 cm³/mol. The number of halogens is 5.